The smallest absolute Gasteiger partial charge is 0.872 e. The summed E-state index contributed by atoms with van der Waals surface area (Å²) >= 11 is 0. The summed E-state index contributed by atoms with van der Waals surface area (Å²) in [6.45, 7) is 3.78. The molecule has 24 heavy (non-hydrogen) atoms. The van der Waals surface area contributed by atoms with Gasteiger partial charge in [0.05, 0.1) is 0 Å². The second-order valence-electron chi connectivity index (χ2n) is 6.12. The van der Waals surface area contributed by atoms with Crippen molar-refractivity contribution in [2.24, 2.45) is 0 Å². The summed E-state index contributed by atoms with van der Waals surface area (Å²) in [6.07, 6.45) is 0. The number of hydrogen-bond donors (Lipinski definition) is 1. The van der Waals surface area contributed by atoms with Crippen LogP contribution in [0.1, 0.15) is 19.4 Å². The molecule has 116 valence electrons. The van der Waals surface area contributed by atoms with Gasteiger partial charge in [-0.2, -0.15) is 0 Å². The Morgan fingerprint density at radius 2 is 1.83 bits per heavy atom. The summed E-state index contributed by atoms with van der Waals surface area (Å²) in [6, 6.07) is 9.22. The van der Waals surface area contributed by atoms with Crippen molar-refractivity contribution in [3.8, 4) is 28.4 Å². The standard InChI is InChI=1S/C18H14O5.Na/c1-18(2)13-5-9(19)3-4-10(13)11-6-12-14(20)7-17(21)22-15(12)8-16(11)23-18;/h3-8,19-20H,1-2H3;/q;+1/p-1. The van der Waals surface area contributed by atoms with Crippen molar-refractivity contribution in [3.63, 3.8) is 0 Å². The molecular formula is C18H13NaO5. The van der Waals surface area contributed by atoms with Gasteiger partial charge in [-0.1, -0.05) is 11.8 Å². The minimum atomic E-state index is -0.678. The third kappa shape index (κ3) is 2.49. The van der Waals surface area contributed by atoms with Gasteiger partial charge in [-0.15, -0.1) is 0 Å². The summed E-state index contributed by atoms with van der Waals surface area (Å²) in [5, 5.41) is 22.1. The minimum absolute atomic E-state index is 0. The molecule has 0 saturated heterocycles. The first-order valence-corrected chi connectivity index (χ1v) is 7.17. The average molecular weight is 332 g/mol. The SMILES string of the molecule is CC1(C)Oc2cc3oc(=O)cc([O-])c3cc2-c2ccc(O)cc21.[Na+]. The van der Waals surface area contributed by atoms with Crippen LogP contribution in [0.5, 0.6) is 17.2 Å². The van der Waals surface area contributed by atoms with E-state index in [9.17, 15) is 15.0 Å². The summed E-state index contributed by atoms with van der Waals surface area (Å²) in [7, 11) is 0. The van der Waals surface area contributed by atoms with Gasteiger partial charge in [-0.25, -0.2) is 4.79 Å². The molecule has 0 unspecified atom stereocenters. The van der Waals surface area contributed by atoms with E-state index in [1.165, 1.54) is 0 Å². The van der Waals surface area contributed by atoms with E-state index in [1.54, 1.807) is 30.3 Å². The average Bonchev–Trinajstić information content (AvgIpc) is 2.45. The van der Waals surface area contributed by atoms with Crippen LogP contribution >= 0.6 is 0 Å². The zero-order valence-electron chi connectivity index (χ0n) is 13.5. The topological polar surface area (TPSA) is 82.7 Å². The number of fused-ring (bicyclic) bond motifs is 4. The predicted molar refractivity (Wildman–Crippen MR) is 82.7 cm³/mol. The van der Waals surface area contributed by atoms with Gasteiger partial charge in [0.25, 0.3) is 0 Å². The van der Waals surface area contributed by atoms with Gasteiger partial charge in [-0.05, 0) is 37.6 Å². The van der Waals surface area contributed by atoms with Gasteiger partial charge in [0.1, 0.15) is 22.7 Å². The van der Waals surface area contributed by atoms with E-state index < -0.39 is 11.2 Å². The molecule has 3 aromatic rings. The van der Waals surface area contributed by atoms with Gasteiger partial charge < -0.3 is 19.4 Å². The number of phenolic OH excluding ortho intramolecular Hbond substituents is 1. The number of aromatic hydroxyl groups is 1. The minimum Gasteiger partial charge on any atom is -0.872 e. The molecular weight excluding hydrogens is 319 g/mol. The van der Waals surface area contributed by atoms with Crippen molar-refractivity contribution in [2.45, 2.75) is 19.4 Å². The van der Waals surface area contributed by atoms with E-state index in [4.69, 9.17) is 9.15 Å². The molecule has 1 aliphatic rings. The van der Waals surface area contributed by atoms with E-state index in [0.717, 1.165) is 22.8 Å². The molecule has 0 fully saturated rings. The fraction of sp³-hybridized carbons (Fsp3) is 0.167. The number of phenols is 1. The van der Waals surface area contributed by atoms with Gasteiger partial charge in [0.2, 0.25) is 0 Å². The molecule has 4 rings (SSSR count). The van der Waals surface area contributed by atoms with E-state index in [2.05, 4.69) is 0 Å². The van der Waals surface area contributed by atoms with Gasteiger partial charge in [-0.3, -0.25) is 0 Å². The number of ether oxygens (including phenoxy) is 1. The Balaban J connectivity index is 0.00000169. The number of hydrogen-bond acceptors (Lipinski definition) is 5. The summed E-state index contributed by atoms with van der Waals surface area (Å²) in [5.41, 5.74) is 1.31. The maximum atomic E-state index is 12.0. The van der Waals surface area contributed by atoms with Crippen LogP contribution in [0, 0.1) is 0 Å². The zero-order valence-corrected chi connectivity index (χ0v) is 15.5. The normalized spacial score (nSPS) is 14.2. The van der Waals surface area contributed by atoms with Gasteiger partial charge >= 0.3 is 35.2 Å². The Hall–Kier alpha value is -1.95. The molecule has 5 nitrogen and oxygen atoms in total. The molecule has 0 radical (unpaired) electrons. The first-order chi connectivity index (χ1) is 10.8. The molecule has 1 aliphatic heterocycles. The van der Waals surface area contributed by atoms with Crippen molar-refractivity contribution in [3.05, 3.63) is 52.4 Å². The second-order valence-corrected chi connectivity index (χ2v) is 6.12. The molecule has 2 aromatic carbocycles. The predicted octanol–water partition coefficient (Wildman–Crippen LogP) is -0.129. The van der Waals surface area contributed by atoms with Crippen molar-refractivity contribution in [2.75, 3.05) is 0 Å². The van der Waals surface area contributed by atoms with Gasteiger partial charge in [0, 0.05) is 28.6 Å². The molecule has 6 heteroatoms. The van der Waals surface area contributed by atoms with Crippen molar-refractivity contribution in [1.29, 1.82) is 0 Å². The quantitative estimate of drug-likeness (QED) is 0.458. The Morgan fingerprint density at radius 1 is 1.08 bits per heavy atom. The van der Waals surface area contributed by atoms with Crippen molar-refractivity contribution < 1.29 is 48.9 Å². The first-order valence-electron chi connectivity index (χ1n) is 7.17. The monoisotopic (exact) mass is 332 g/mol. The fourth-order valence-corrected chi connectivity index (χ4v) is 3.05. The molecule has 0 bridgehead atoms. The third-order valence-corrected chi connectivity index (χ3v) is 4.11. The van der Waals surface area contributed by atoms with E-state index in [-0.39, 0.29) is 46.6 Å². The van der Waals surface area contributed by atoms with E-state index >= 15 is 0 Å². The molecule has 2 heterocycles. The van der Waals surface area contributed by atoms with E-state index in [1.807, 2.05) is 13.8 Å². The number of rotatable bonds is 0. The van der Waals surface area contributed by atoms with Crippen molar-refractivity contribution >= 4 is 11.0 Å². The fourth-order valence-electron chi connectivity index (χ4n) is 3.05. The Morgan fingerprint density at radius 3 is 2.58 bits per heavy atom. The number of benzene rings is 2. The van der Waals surface area contributed by atoms with Crippen LogP contribution in [0.25, 0.3) is 22.1 Å². The molecule has 0 amide bonds. The van der Waals surface area contributed by atoms with Gasteiger partial charge in [0.15, 0.2) is 0 Å². The van der Waals surface area contributed by atoms with Crippen LogP contribution < -0.4 is 45.0 Å². The molecule has 0 saturated carbocycles. The van der Waals surface area contributed by atoms with Crippen LogP contribution in [-0.2, 0) is 5.60 Å². The van der Waals surface area contributed by atoms with Crippen molar-refractivity contribution in [1.82, 2.24) is 0 Å². The van der Waals surface area contributed by atoms with Crippen LogP contribution in [0.3, 0.4) is 0 Å². The van der Waals surface area contributed by atoms with Crippen LogP contribution in [-0.4, -0.2) is 5.11 Å². The second kappa shape index (κ2) is 5.55. The van der Waals surface area contributed by atoms with Crippen LogP contribution in [0.15, 0.2) is 45.6 Å². The molecule has 0 atom stereocenters. The maximum absolute atomic E-state index is 12.0. The molecule has 1 N–H and O–H groups in total. The maximum Gasteiger partial charge on any atom is 1.00 e. The summed E-state index contributed by atoms with van der Waals surface area (Å²) in [5.74, 6) is 0.304. The molecule has 0 spiro atoms. The molecule has 1 aromatic heterocycles. The van der Waals surface area contributed by atoms with Crippen LogP contribution in [0.4, 0.5) is 0 Å². The zero-order chi connectivity index (χ0) is 16.4. The Bertz CT molecular complexity index is 1020. The third-order valence-electron chi connectivity index (χ3n) is 4.11. The van der Waals surface area contributed by atoms with E-state index in [0.29, 0.717) is 11.1 Å². The Kier molecular flexibility index (Phi) is 3.91. The molecule has 0 aliphatic carbocycles. The first kappa shape index (κ1) is 16.9. The summed E-state index contributed by atoms with van der Waals surface area (Å²) < 4.78 is 11.1. The Labute approximate surface area is 159 Å². The van der Waals surface area contributed by atoms with Crippen LogP contribution in [0.2, 0.25) is 0 Å². The largest absolute Gasteiger partial charge is 1.00 e. The summed E-state index contributed by atoms with van der Waals surface area (Å²) in [4.78, 5) is 11.4.